The van der Waals surface area contributed by atoms with Crippen LogP contribution in [0.1, 0.15) is 33.3 Å². The van der Waals surface area contributed by atoms with Gasteiger partial charge in [0.1, 0.15) is 17.8 Å². The molecule has 1 aromatic heterocycles. The number of anilines is 3. The van der Waals surface area contributed by atoms with Crippen molar-refractivity contribution in [3.63, 3.8) is 0 Å². The highest BCUT2D eigenvalue weighted by molar-refractivity contribution is 6.03. The molecule has 0 saturated heterocycles. The molecule has 0 aliphatic rings. The normalized spacial score (nSPS) is 10.2. The van der Waals surface area contributed by atoms with Crippen LogP contribution in [0.2, 0.25) is 0 Å². The summed E-state index contributed by atoms with van der Waals surface area (Å²) in [7, 11) is 0. The van der Waals surface area contributed by atoms with Gasteiger partial charge in [0.25, 0.3) is 5.91 Å². The summed E-state index contributed by atoms with van der Waals surface area (Å²) in [6.07, 6.45) is 1.29. The van der Waals surface area contributed by atoms with Crippen molar-refractivity contribution in [1.29, 1.82) is 0 Å². The van der Waals surface area contributed by atoms with Crippen LogP contribution in [-0.2, 0) is 4.74 Å². The lowest BCUT2D eigenvalue weighted by Crippen LogP contribution is -2.15. The summed E-state index contributed by atoms with van der Waals surface area (Å²) in [6.45, 7) is 3.94. The molecular weight excluding hydrogens is 356 g/mol. The average molecular weight is 376 g/mol. The standard InChI is InChI=1S/C21H20N4O3/c1-3-28-21(27)15-9-5-7-11-17(15)24-19-12-18(22-13-23-19)20(26)25-16-10-6-4-8-14(16)2/h4-13H,3H2,1-2H3,(H,25,26)(H,22,23,24). The van der Waals surface area contributed by atoms with Crippen LogP contribution in [0.3, 0.4) is 0 Å². The van der Waals surface area contributed by atoms with Crippen LogP contribution in [0.4, 0.5) is 17.2 Å². The second-order valence-corrected chi connectivity index (χ2v) is 5.95. The number of aryl methyl sites for hydroxylation is 1. The molecule has 0 saturated carbocycles. The molecule has 0 unspecified atom stereocenters. The van der Waals surface area contributed by atoms with Crippen molar-refractivity contribution in [3.8, 4) is 0 Å². The van der Waals surface area contributed by atoms with Crippen LogP contribution < -0.4 is 10.6 Å². The lowest BCUT2D eigenvalue weighted by molar-refractivity contribution is 0.0527. The topological polar surface area (TPSA) is 93.2 Å². The highest BCUT2D eigenvalue weighted by Crippen LogP contribution is 2.21. The van der Waals surface area contributed by atoms with E-state index in [1.165, 1.54) is 12.4 Å². The van der Waals surface area contributed by atoms with Crippen LogP contribution in [-0.4, -0.2) is 28.5 Å². The number of carbonyl (C=O) groups is 2. The van der Waals surface area contributed by atoms with Crippen molar-refractivity contribution in [2.75, 3.05) is 17.2 Å². The van der Waals surface area contributed by atoms with Crippen LogP contribution in [0.15, 0.2) is 60.9 Å². The zero-order valence-electron chi connectivity index (χ0n) is 15.6. The number of esters is 1. The number of hydrogen-bond donors (Lipinski definition) is 2. The Bertz CT molecular complexity index is 1000. The van der Waals surface area contributed by atoms with E-state index in [2.05, 4.69) is 20.6 Å². The molecule has 3 rings (SSSR count). The summed E-state index contributed by atoms with van der Waals surface area (Å²) in [5, 5.41) is 5.88. The van der Waals surface area contributed by atoms with Crippen molar-refractivity contribution < 1.29 is 14.3 Å². The highest BCUT2D eigenvalue weighted by Gasteiger charge is 2.14. The maximum absolute atomic E-state index is 12.5. The number of carbonyl (C=O) groups excluding carboxylic acids is 2. The maximum atomic E-state index is 12.5. The number of nitrogens with zero attached hydrogens (tertiary/aromatic N) is 2. The first kappa shape index (κ1) is 19.0. The van der Waals surface area contributed by atoms with Gasteiger partial charge in [0.15, 0.2) is 0 Å². The second kappa shape index (κ2) is 8.77. The van der Waals surface area contributed by atoms with Crippen molar-refractivity contribution >= 4 is 29.1 Å². The number of amides is 1. The molecule has 2 N–H and O–H groups in total. The fourth-order valence-electron chi connectivity index (χ4n) is 2.57. The molecule has 0 spiro atoms. The predicted octanol–water partition coefficient (Wildman–Crippen LogP) is 3.96. The molecule has 142 valence electrons. The lowest BCUT2D eigenvalue weighted by Gasteiger charge is -2.11. The molecule has 0 aliphatic heterocycles. The number of ether oxygens (including phenoxy) is 1. The summed E-state index contributed by atoms with van der Waals surface area (Å²) >= 11 is 0. The Balaban J connectivity index is 1.80. The van der Waals surface area contributed by atoms with Crippen LogP contribution in [0.5, 0.6) is 0 Å². The summed E-state index contributed by atoms with van der Waals surface area (Å²) in [5.74, 6) is -0.391. The first-order valence-electron chi connectivity index (χ1n) is 8.80. The van der Waals surface area contributed by atoms with E-state index < -0.39 is 5.97 Å². The molecule has 2 aromatic carbocycles. The van der Waals surface area contributed by atoms with Gasteiger partial charge in [-0.15, -0.1) is 0 Å². The molecule has 7 heteroatoms. The number of hydrogen-bond acceptors (Lipinski definition) is 6. The Hall–Kier alpha value is -3.74. The molecule has 0 radical (unpaired) electrons. The number of rotatable bonds is 6. The van der Waals surface area contributed by atoms with Crippen molar-refractivity contribution in [2.45, 2.75) is 13.8 Å². The van der Waals surface area contributed by atoms with Gasteiger partial charge in [-0.2, -0.15) is 0 Å². The molecular formula is C21H20N4O3. The minimum atomic E-state index is -0.433. The van der Waals surface area contributed by atoms with Crippen molar-refractivity contribution in [1.82, 2.24) is 9.97 Å². The highest BCUT2D eigenvalue weighted by atomic mass is 16.5. The van der Waals surface area contributed by atoms with Crippen LogP contribution in [0.25, 0.3) is 0 Å². The second-order valence-electron chi connectivity index (χ2n) is 5.95. The van der Waals surface area contributed by atoms with Crippen molar-refractivity contribution in [3.05, 3.63) is 77.7 Å². The molecule has 0 atom stereocenters. The Kier molecular flexibility index (Phi) is 5.96. The van der Waals surface area contributed by atoms with Gasteiger partial charge in [0.05, 0.1) is 17.9 Å². The molecule has 3 aromatic rings. The quantitative estimate of drug-likeness (QED) is 0.633. The van der Waals surface area contributed by atoms with Crippen molar-refractivity contribution in [2.24, 2.45) is 0 Å². The Labute approximate surface area is 162 Å². The smallest absolute Gasteiger partial charge is 0.340 e. The summed E-state index contributed by atoms with van der Waals surface area (Å²) in [5.41, 5.74) is 2.79. The molecule has 7 nitrogen and oxygen atoms in total. The summed E-state index contributed by atoms with van der Waals surface area (Å²) in [6, 6.07) is 15.9. The van der Waals surface area contributed by atoms with Gasteiger partial charge < -0.3 is 15.4 Å². The van der Waals surface area contributed by atoms with Gasteiger partial charge in [-0.25, -0.2) is 14.8 Å². The number of benzene rings is 2. The number of para-hydroxylation sites is 2. The maximum Gasteiger partial charge on any atom is 0.340 e. The zero-order chi connectivity index (χ0) is 19.9. The largest absolute Gasteiger partial charge is 0.462 e. The van der Waals surface area contributed by atoms with E-state index in [1.54, 1.807) is 31.2 Å². The van der Waals surface area contributed by atoms with E-state index in [9.17, 15) is 9.59 Å². The van der Waals surface area contributed by atoms with E-state index in [0.29, 0.717) is 22.8 Å². The molecule has 1 heterocycles. The molecule has 0 aliphatic carbocycles. The zero-order valence-corrected chi connectivity index (χ0v) is 15.6. The number of aromatic nitrogens is 2. The Morgan fingerprint density at radius 1 is 1.00 bits per heavy atom. The number of nitrogens with one attached hydrogen (secondary N) is 2. The van der Waals surface area contributed by atoms with E-state index in [4.69, 9.17) is 4.74 Å². The summed E-state index contributed by atoms with van der Waals surface area (Å²) < 4.78 is 5.07. The lowest BCUT2D eigenvalue weighted by atomic mass is 10.1. The minimum absolute atomic E-state index is 0.203. The SMILES string of the molecule is CCOC(=O)c1ccccc1Nc1cc(C(=O)Nc2ccccc2C)ncn1. The Morgan fingerprint density at radius 2 is 1.71 bits per heavy atom. The molecule has 0 bridgehead atoms. The molecule has 28 heavy (non-hydrogen) atoms. The van der Waals surface area contributed by atoms with Gasteiger partial charge in [0.2, 0.25) is 0 Å². The third-order valence-electron chi connectivity index (χ3n) is 3.98. The van der Waals surface area contributed by atoms with Gasteiger partial charge in [-0.3, -0.25) is 4.79 Å². The summed E-state index contributed by atoms with van der Waals surface area (Å²) in [4.78, 5) is 32.8. The Morgan fingerprint density at radius 3 is 2.46 bits per heavy atom. The third kappa shape index (κ3) is 4.50. The molecule has 1 amide bonds. The third-order valence-corrected chi connectivity index (χ3v) is 3.98. The van der Waals surface area contributed by atoms with E-state index in [1.807, 2.05) is 31.2 Å². The van der Waals surface area contributed by atoms with Gasteiger partial charge in [-0.05, 0) is 37.6 Å². The minimum Gasteiger partial charge on any atom is -0.462 e. The first-order valence-corrected chi connectivity index (χ1v) is 8.80. The predicted molar refractivity (Wildman–Crippen MR) is 107 cm³/mol. The van der Waals surface area contributed by atoms with Gasteiger partial charge in [0, 0.05) is 11.8 Å². The fraction of sp³-hybridized carbons (Fsp3) is 0.143. The van der Waals surface area contributed by atoms with Crippen LogP contribution >= 0.6 is 0 Å². The van der Waals surface area contributed by atoms with Crippen LogP contribution in [0, 0.1) is 6.92 Å². The average Bonchev–Trinajstić information content (AvgIpc) is 2.70. The molecule has 0 fully saturated rings. The van der Waals surface area contributed by atoms with E-state index >= 15 is 0 Å². The fourth-order valence-corrected chi connectivity index (χ4v) is 2.57. The van der Waals surface area contributed by atoms with E-state index in [0.717, 1.165) is 5.56 Å². The van der Waals surface area contributed by atoms with Gasteiger partial charge in [-0.1, -0.05) is 30.3 Å². The van der Waals surface area contributed by atoms with E-state index in [-0.39, 0.29) is 18.2 Å². The monoisotopic (exact) mass is 376 g/mol. The first-order chi connectivity index (χ1) is 13.6. The van der Waals surface area contributed by atoms with Gasteiger partial charge >= 0.3 is 5.97 Å².